The third-order valence-electron chi connectivity index (χ3n) is 3.73. The van der Waals surface area contributed by atoms with Gasteiger partial charge in [0.05, 0.1) is 24.3 Å². The fourth-order valence-corrected chi connectivity index (χ4v) is 3.94. The van der Waals surface area contributed by atoms with Crippen molar-refractivity contribution < 1.29 is 9.21 Å². The fraction of sp³-hybridized carbons (Fsp3) is 0.167. The molecule has 4 aromatic heterocycles. The van der Waals surface area contributed by atoms with Crippen molar-refractivity contribution in [3.63, 3.8) is 0 Å². The van der Waals surface area contributed by atoms with Gasteiger partial charge in [0.2, 0.25) is 5.91 Å². The molecule has 1 N–H and O–H groups in total. The lowest BCUT2D eigenvalue weighted by Crippen LogP contribution is -2.14. The van der Waals surface area contributed by atoms with E-state index in [1.807, 2.05) is 41.1 Å². The van der Waals surface area contributed by atoms with Crippen LogP contribution < -0.4 is 5.32 Å². The molecule has 142 valence electrons. The highest BCUT2D eigenvalue weighted by Gasteiger charge is 2.17. The van der Waals surface area contributed by atoms with Crippen LogP contribution in [0.4, 0.5) is 5.13 Å². The second-order valence-electron chi connectivity index (χ2n) is 5.84. The molecular formula is C18H16N6O2S2. The second-order valence-corrected chi connectivity index (χ2v) is 7.64. The first-order chi connectivity index (χ1) is 13.7. The van der Waals surface area contributed by atoms with Gasteiger partial charge in [-0.05, 0) is 31.2 Å². The van der Waals surface area contributed by atoms with Crippen LogP contribution in [-0.2, 0) is 11.3 Å². The number of thioether (sulfide) groups is 1. The molecule has 8 nitrogen and oxygen atoms in total. The molecule has 4 heterocycles. The average molecular weight is 413 g/mol. The molecule has 0 saturated carbocycles. The van der Waals surface area contributed by atoms with E-state index in [-0.39, 0.29) is 11.7 Å². The Balaban J connectivity index is 1.52. The second kappa shape index (κ2) is 8.36. The van der Waals surface area contributed by atoms with Gasteiger partial charge < -0.3 is 9.73 Å². The van der Waals surface area contributed by atoms with Crippen molar-refractivity contribution in [1.82, 2.24) is 24.7 Å². The summed E-state index contributed by atoms with van der Waals surface area (Å²) in [5.41, 5.74) is 1.73. The molecule has 0 aliphatic heterocycles. The van der Waals surface area contributed by atoms with Crippen LogP contribution in [0.1, 0.15) is 11.5 Å². The first kappa shape index (κ1) is 18.4. The van der Waals surface area contributed by atoms with E-state index in [9.17, 15) is 4.79 Å². The summed E-state index contributed by atoms with van der Waals surface area (Å²) in [7, 11) is 0. The zero-order valence-electron chi connectivity index (χ0n) is 14.9. The van der Waals surface area contributed by atoms with Gasteiger partial charge in [0.1, 0.15) is 5.76 Å². The number of aromatic nitrogens is 5. The summed E-state index contributed by atoms with van der Waals surface area (Å²) in [6.45, 7) is 2.35. The standard InChI is InChI=1S/C18H16N6O2S2/c1-12-10-27-17(20-12)21-15(25)11-28-18-23-22-16(13-4-2-6-19-8-13)24(18)9-14-5-3-7-26-14/h2-8,10H,9,11H2,1H3,(H,20,21,25). The SMILES string of the molecule is Cc1csc(NC(=O)CSc2nnc(-c3cccnc3)n2Cc2ccco2)n1. The maximum atomic E-state index is 12.2. The Hall–Kier alpha value is -2.98. The first-order valence-electron chi connectivity index (χ1n) is 8.40. The summed E-state index contributed by atoms with van der Waals surface area (Å²) in [5, 5.41) is 14.5. The van der Waals surface area contributed by atoms with E-state index >= 15 is 0 Å². The maximum absolute atomic E-state index is 12.2. The fourth-order valence-electron chi connectivity index (χ4n) is 2.50. The zero-order valence-corrected chi connectivity index (χ0v) is 16.5. The molecule has 0 radical (unpaired) electrons. The van der Waals surface area contributed by atoms with E-state index in [0.29, 0.717) is 22.7 Å². The number of amides is 1. The number of hydrogen-bond acceptors (Lipinski definition) is 8. The minimum atomic E-state index is -0.144. The normalized spacial score (nSPS) is 10.9. The highest BCUT2D eigenvalue weighted by molar-refractivity contribution is 7.99. The quantitative estimate of drug-likeness (QED) is 0.464. The Morgan fingerprint density at radius 2 is 2.25 bits per heavy atom. The molecule has 0 aromatic carbocycles. The van der Waals surface area contributed by atoms with Crippen molar-refractivity contribution >= 4 is 34.1 Å². The van der Waals surface area contributed by atoms with Crippen molar-refractivity contribution in [2.75, 3.05) is 11.1 Å². The van der Waals surface area contributed by atoms with E-state index in [1.54, 1.807) is 18.7 Å². The summed E-state index contributed by atoms with van der Waals surface area (Å²) in [4.78, 5) is 20.6. The summed E-state index contributed by atoms with van der Waals surface area (Å²) < 4.78 is 7.39. The zero-order chi connectivity index (χ0) is 19.3. The Kier molecular flexibility index (Phi) is 5.49. The number of nitrogens with one attached hydrogen (secondary N) is 1. The van der Waals surface area contributed by atoms with Gasteiger partial charge in [-0.25, -0.2) is 4.98 Å². The van der Waals surface area contributed by atoms with Gasteiger partial charge in [-0.1, -0.05) is 11.8 Å². The number of carbonyl (C=O) groups is 1. The lowest BCUT2D eigenvalue weighted by Gasteiger charge is -2.08. The van der Waals surface area contributed by atoms with Crippen molar-refractivity contribution in [3.8, 4) is 11.4 Å². The van der Waals surface area contributed by atoms with Crippen molar-refractivity contribution in [2.45, 2.75) is 18.6 Å². The lowest BCUT2D eigenvalue weighted by atomic mass is 10.2. The van der Waals surface area contributed by atoms with E-state index in [2.05, 4.69) is 25.5 Å². The monoisotopic (exact) mass is 412 g/mol. The van der Waals surface area contributed by atoms with Crippen LogP contribution >= 0.6 is 23.1 Å². The number of thiazole rings is 1. The van der Waals surface area contributed by atoms with E-state index in [0.717, 1.165) is 17.0 Å². The number of furan rings is 1. The van der Waals surface area contributed by atoms with Crippen molar-refractivity contribution in [1.29, 1.82) is 0 Å². The number of carbonyl (C=O) groups excluding carboxylic acids is 1. The molecule has 0 unspecified atom stereocenters. The predicted octanol–water partition coefficient (Wildman–Crippen LogP) is 3.48. The number of nitrogens with zero attached hydrogens (tertiary/aromatic N) is 5. The molecular weight excluding hydrogens is 396 g/mol. The number of hydrogen-bond donors (Lipinski definition) is 1. The van der Waals surface area contributed by atoms with Gasteiger partial charge >= 0.3 is 0 Å². The van der Waals surface area contributed by atoms with Crippen LogP contribution in [0, 0.1) is 6.92 Å². The summed E-state index contributed by atoms with van der Waals surface area (Å²) >= 11 is 2.71. The molecule has 4 rings (SSSR count). The Morgan fingerprint density at radius 3 is 2.96 bits per heavy atom. The van der Waals surface area contributed by atoms with Gasteiger partial charge in [-0.15, -0.1) is 21.5 Å². The predicted molar refractivity (Wildman–Crippen MR) is 107 cm³/mol. The number of anilines is 1. The minimum Gasteiger partial charge on any atom is -0.467 e. The van der Waals surface area contributed by atoms with Crippen LogP contribution in [-0.4, -0.2) is 36.4 Å². The molecule has 10 heteroatoms. The number of pyridine rings is 1. The van der Waals surface area contributed by atoms with E-state index < -0.39 is 0 Å². The van der Waals surface area contributed by atoms with Crippen molar-refractivity contribution in [3.05, 3.63) is 59.8 Å². The molecule has 0 fully saturated rings. The molecule has 0 aliphatic rings. The van der Waals surface area contributed by atoms with Crippen LogP contribution in [0.5, 0.6) is 0 Å². The van der Waals surface area contributed by atoms with Gasteiger partial charge in [-0.3, -0.25) is 14.3 Å². The Morgan fingerprint density at radius 1 is 1.32 bits per heavy atom. The highest BCUT2D eigenvalue weighted by atomic mass is 32.2. The summed E-state index contributed by atoms with van der Waals surface area (Å²) in [6.07, 6.45) is 5.06. The summed E-state index contributed by atoms with van der Waals surface area (Å²) in [6, 6.07) is 7.48. The smallest absolute Gasteiger partial charge is 0.236 e. The molecule has 1 amide bonds. The number of aryl methyl sites for hydroxylation is 1. The summed E-state index contributed by atoms with van der Waals surface area (Å²) in [5.74, 6) is 1.49. The van der Waals surface area contributed by atoms with Crippen molar-refractivity contribution in [2.24, 2.45) is 0 Å². The first-order valence-corrected chi connectivity index (χ1v) is 10.3. The molecule has 0 atom stereocenters. The minimum absolute atomic E-state index is 0.144. The Bertz CT molecular complexity index is 1060. The topological polar surface area (TPSA) is 98.7 Å². The number of rotatable bonds is 7. The van der Waals surface area contributed by atoms with Gasteiger partial charge in [0.15, 0.2) is 16.1 Å². The Labute approximate surface area is 169 Å². The van der Waals surface area contributed by atoms with Gasteiger partial charge in [-0.2, -0.15) is 0 Å². The lowest BCUT2D eigenvalue weighted by molar-refractivity contribution is -0.113. The molecule has 28 heavy (non-hydrogen) atoms. The molecule has 0 aliphatic carbocycles. The molecule has 0 bridgehead atoms. The largest absolute Gasteiger partial charge is 0.467 e. The third kappa shape index (κ3) is 4.29. The van der Waals surface area contributed by atoms with E-state index in [4.69, 9.17) is 4.42 Å². The van der Waals surface area contributed by atoms with Crippen LogP contribution in [0.25, 0.3) is 11.4 Å². The molecule has 0 saturated heterocycles. The average Bonchev–Trinajstić information content (AvgIpc) is 3.44. The maximum Gasteiger partial charge on any atom is 0.236 e. The molecule has 0 spiro atoms. The highest BCUT2D eigenvalue weighted by Crippen LogP contribution is 2.25. The van der Waals surface area contributed by atoms with Crippen LogP contribution in [0.15, 0.2) is 57.9 Å². The van der Waals surface area contributed by atoms with Crippen LogP contribution in [0.3, 0.4) is 0 Å². The van der Waals surface area contributed by atoms with Gasteiger partial charge in [0.25, 0.3) is 0 Å². The molecule has 4 aromatic rings. The third-order valence-corrected chi connectivity index (χ3v) is 5.57. The van der Waals surface area contributed by atoms with E-state index in [1.165, 1.54) is 23.1 Å². The van der Waals surface area contributed by atoms with Gasteiger partial charge in [0, 0.05) is 23.3 Å². The van der Waals surface area contributed by atoms with Crippen LogP contribution in [0.2, 0.25) is 0 Å².